The maximum atomic E-state index is 5.91. The van der Waals surface area contributed by atoms with Gasteiger partial charge >= 0.3 is 0 Å². The Kier molecular flexibility index (Phi) is 4.54. The highest BCUT2D eigenvalue weighted by atomic mass is 32.2. The van der Waals surface area contributed by atoms with E-state index in [2.05, 4.69) is 15.2 Å². The number of rotatable bonds is 6. The number of nitrogens with two attached hydrogens (primary N) is 1. The third-order valence-corrected chi connectivity index (χ3v) is 3.40. The molecule has 2 aromatic rings. The van der Waals surface area contributed by atoms with Gasteiger partial charge in [-0.1, -0.05) is 11.8 Å². The first-order valence-corrected chi connectivity index (χ1v) is 6.50. The minimum Gasteiger partial charge on any atom is -0.384 e. The highest BCUT2D eigenvalue weighted by Crippen LogP contribution is 2.19. The van der Waals surface area contributed by atoms with Crippen LogP contribution in [0.2, 0.25) is 0 Å². The summed E-state index contributed by atoms with van der Waals surface area (Å²) in [7, 11) is 1.65. The van der Waals surface area contributed by atoms with Gasteiger partial charge < -0.3 is 10.6 Å². The Morgan fingerprint density at radius 1 is 1.33 bits per heavy atom. The van der Waals surface area contributed by atoms with Gasteiger partial charge in [-0.25, -0.2) is 4.68 Å². The standard InChI is InChI=1S/C11H15N5OS/c1-17-7-4-10-14-15-11(16(10)12)18-8-9-2-5-13-6-3-9/h2-3,5-6H,4,7-8,12H2,1H3. The van der Waals surface area contributed by atoms with Gasteiger partial charge in [0.15, 0.2) is 5.82 Å². The van der Waals surface area contributed by atoms with E-state index in [0.717, 1.165) is 11.6 Å². The zero-order valence-electron chi connectivity index (χ0n) is 10.1. The molecule has 2 rings (SSSR count). The van der Waals surface area contributed by atoms with E-state index in [1.807, 2.05) is 12.1 Å². The molecule has 0 spiro atoms. The predicted octanol–water partition coefficient (Wildman–Crippen LogP) is 0.868. The quantitative estimate of drug-likeness (QED) is 0.616. The maximum absolute atomic E-state index is 5.91. The molecule has 0 saturated carbocycles. The van der Waals surface area contributed by atoms with Crippen LogP contribution in [0, 0.1) is 0 Å². The van der Waals surface area contributed by atoms with Crippen molar-refractivity contribution in [3.05, 3.63) is 35.9 Å². The lowest BCUT2D eigenvalue weighted by Crippen LogP contribution is -2.15. The lowest BCUT2D eigenvalue weighted by molar-refractivity contribution is 0.200. The molecule has 0 bridgehead atoms. The molecular weight excluding hydrogens is 250 g/mol. The zero-order valence-corrected chi connectivity index (χ0v) is 10.9. The van der Waals surface area contributed by atoms with E-state index in [-0.39, 0.29) is 0 Å². The molecule has 18 heavy (non-hydrogen) atoms. The number of hydrogen-bond donors (Lipinski definition) is 1. The molecule has 0 radical (unpaired) electrons. The summed E-state index contributed by atoms with van der Waals surface area (Å²) in [5.41, 5.74) is 1.18. The lowest BCUT2D eigenvalue weighted by atomic mass is 10.3. The van der Waals surface area contributed by atoms with E-state index in [1.54, 1.807) is 31.3 Å². The lowest BCUT2D eigenvalue weighted by Gasteiger charge is -2.03. The number of nitrogens with zero attached hydrogens (tertiary/aromatic N) is 4. The monoisotopic (exact) mass is 265 g/mol. The second-order valence-corrected chi connectivity index (χ2v) is 4.60. The van der Waals surface area contributed by atoms with Crippen molar-refractivity contribution in [1.29, 1.82) is 0 Å². The summed E-state index contributed by atoms with van der Waals surface area (Å²) in [6.45, 7) is 0.588. The van der Waals surface area contributed by atoms with Crippen LogP contribution in [0.3, 0.4) is 0 Å². The van der Waals surface area contributed by atoms with Crippen LogP contribution in [0.4, 0.5) is 0 Å². The van der Waals surface area contributed by atoms with Crippen LogP contribution in [0.15, 0.2) is 29.7 Å². The minimum atomic E-state index is 0.588. The van der Waals surface area contributed by atoms with Crippen LogP contribution < -0.4 is 5.84 Å². The summed E-state index contributed by atoms with van der Waals surface area (Å²) in [5.74, 6) is 7.44. The summed E-state index contributed by atoms with van der Waals surface area (Å²) in [5, 5.41) is 8.81. The molecule has 0 fully saturated rings. The van der Waals surface area contributed by atoms with E-state index < -0.39 is 0 Å². The van der Waals surface area contributed by atoms with Gasteiger partial charge in [-0.3, -0.25) is 4.98 Å². The van der Waals surface area contributed by atoms with E-state index in [0.29, 0.717) is 18.2 Å². The molecule has 0 unspecified atom stereocenters. The molecule has 0 saturated heterocycles. The molecule has 0 aliphatic heterocycles. The molecule has 0 atom stereocenters. The third kappa shape index (κ3) is 3.21. The van der Waals surface area contributed by atoms with Gasteiger partial charge in [-0.05, 0) is 17.7 Å². The van der Waals surface area contributed by atoms with Crippen molar-refractivity contribution in [2.24, 2.45) is 0 Å². The molecule has 0 aliphatic carbocycles. The van der Waals surface area contributed by atoms with Crippen molar-refractivity contribution in [3.8, 4) is 0 Å². The first kappa shape index (κ1) is 12.8. The summed E-state index contributed by atoms with van der Waals surface area (Å²) in [6.07, 6.45) is 4.20. The van der Waals surface area contributed by atoms with Gasteiger partial charge in [0.1, 0.15) is 0 Å². The molecule has 6 nitrogen and oxygen atoms in total. The van der Waals surface area contributed by atoms with Crippen LogP contribution >= 0.6 is 11.8 Å². The average Bonchev–Trinajstić information content (AvgIpc) is 2.76. The second kappa shape index (κ2) is 6.36. The number of thioether (sulfide) groups is 1. The number of methoxy groups -OCH3 is 1. The largest absolute Gasteiger partial charge is 0.384 e. The molecule has 2 heterocycles. The van der Waals surface area contributed by atoms with Crippen molar-refractivity contribution >= 4 is 11.8 Å². The van der Waals surface area contributed by atoms with Crippen molar-refractivity contribution in [2.75, 3.05) is 19.6 Å². The van der Waals surface area contributed by atoms with Crippen molar-refractivity contribution in [1.82, 2.24) is 19.9 Å². The first-order valence-electron chi connectivity index (χ1n) is 5.51. The molecular formula is C11H15N5OS. The zero-order chi connectivity index (χ0) is 12.8. The fraction of sp³-hybridized carbons (Fsp3) is 0.364. The van der Waals surface area contributed by atoms with E-state index >= 15 is 0 Å². The Hall–Kier alpha value is -1.60. The van der Waals surface area contributed by atoms with E-state index in [1.165, 1.54) is 10.2 Å². The van der Waals surface area contributed by atoms with Crippen LogP contribution in [0.5, 0.6) is 0 Å². The Morgan fingerprint density at radius 2 is 2.11 bits per heavy atom. The van der Waals surface area contributed by atoms with Crippen LogP contribution in [-0.4, -0.2) is 33.6 Å². The molecule has 0 aliphatic rings. The molecule has 2 aromatic heterocycles. The molecule has 96 valence electrons. The predicted molar refractivity (Wildman–Crippen MR) is 69.6 cm³/mol. The molecule has 2 N–H and O–H groups in total. The highest BCUT2D eigenvalue weighted by Gasteiger charge is 2.09. The van der Waals surface area contributed by atoms with Gasteiger partial charge in [0.05, 0.1) is 6.61 Å². The maximum Gasteiger partial charge on any atom is 0.210 e. The van der Waals surface area contributed by atoms with Crippen LogP contribution in [0.25, 0.3) is 0 Å². The fourth-order valence-corrected chi connectivity index (χ4v) is 2.23. The Morgan fingerprint density at radius 3 is 2.83 bits per heavy atom. The molecule has 0 aromatic carbocycles. The van der Waals surface area contributed by atoms with Crippen molar-refractivity contribution in [2.45, 2.75) is 17.3 Å². The van der Waals surface area contributed by atoms with Crippen LogP contribution in [-0.2, 0) is 16.9 Å². The summed E-state index contributed by atoms with van der Waals surface area (Å²) in [4.78, 5) is 3.97. The average molecular weight is 265 g/mol. The minimum absolute atomic E-state index is 0.588. The van der Waals surface area contributed by atoms with Gasteiger partial charge in [0.25, 0.3) is 0 Å². The molecule has 0 amide bonds. The second-order valence-electron chi connectivity index (χ2n) is 3.66. The number of nitrogen functional groups attached to an aromatic ring is 1. The summed E-state index contributed by atoms with van der Waals surface area (Å²) in [6, 6.07) is 3.94. The topological polar surface area (TPSA) is 78.9 Å². The van der Waals surface area contributed by atoms with Gasteiger partial charge in [-0.15, -0.1) is 10.2 Å². The number of ether oxygens (including phenoxy) is 1. The third-order valence-electron chi connectivity index (χ3n) is 2.38. The SMILES string of the molecule is COCCc1nnc(SCc2ccncc2)n1N. The molecule has 7 heteroatoms. The smallest absolute Gasteiger partial charge is 0.210 e. The van der Waals surface area contributed by atoms with Gasteiger partial charge in [0.2, 0.25) is 5.16 Å². The van der Waals surface area contributed by atoms with Gasteiger partial charge in [0, 0.05) is 31.7 Å². The fourth-order valence-electron chi connectivity index (χ4n) is 1.40. The van der Waals surface area contributed by atoms with Crippen LogP contribution in [0.1, 0.15) is 11.4 Å². The summed E-state index contributed by atoms with van der Waals surface area (Å²) < 4.78 is 6.51. The van der Waals surface area contributed by atoms with Crippen molar-refractivity contribution in [3.63, 3.8) is 0 Å². The Labute approximate surface area is 110 Å². The Balaban J connectivity index is 1.95. The van der Waals surface area contributed by atoms with E-state index in [9.17, 15) is 0 Å². The van der Waals surface area contributed by atoms with Gasteiger partial charge in [-0.2, -0.15) is 0 Å². The number of hydrogen-bond acceptors (Lipinski definition) is 6. The summed E-state index contributed by atoms with van der Waals surface area (Å²) >= 11 is 1.55. The number of pyridine rings is 1. The van der Waals surface area contributed by atoms with Crippen molar-refractivity contribution < 1.29 is 4.74 Å². The first-order chi connectivity index (χ1) is 8.81. The normalized spacial score (nSPS) is 10.7. The van der Waals surface area contributed by atoms with E-state index in [4.69, 9.17) is 10.6 Å². The number of aromatic nitrogens is 4. The highest BCUT2D eigenvalue weighted by molar-refractivity contribution is 7.98. The Bertz CT molecular complexity index is 487.